The summed E-state index contributed by atoms with van der Waals surface area (Å²) < 4.78 is 7.32. The van der Waals surface area contributed by atoms with Crippen LogP contribution in [-0.4, -0.2) is 43.2 Å². The Hall–Kier alpha value is -1.35. The maximum Gasteiger partial charge on any atom is 0.317 e. The van der Waals surface area contributed by atoms with Gasteiger partial charge in [-0.2, -0.15) is 0 Å². The normalized spacial score (nSPS) is 34.7. The van der Waals surface area contributed by atoms with E-state index in [1.807, 2.05) is 6.07 Å². The first kappa shape index (κ1) is 16.1. The molecule has 5 rings (SSSR count). The molecule has 130 valence electrons. The Bertz CT molecular complexity index is 583. The highest BCUT2D eigenvalue weighted by Crippen LogP contribution is 2.42. The molecule has 24 heavy (non-hydrogen) atoms. The van der Waals surface area contributed by atoms with E-state index in [-0.39, 0.29) is 12.1 Å². The number of fused-ring (bicyclic) bond motifs is 3. The van der Waals surface area contributed by atoms with Gasteiger partial charge in [0.15, 0.2) is 6.10 Å². The summed E-state index contributed by atoms with van der Waals surface area (Å²) in [6, 6.07) is 10.4. The number of carbonyl (C=O) groups excluding carboxylic acids is 1. The first-order chi connectivity index (χ1) is 11.6. The van der Waals surface area contributed by atoms with Crippen molar-refractivity contribution in [1.82, 2.24) is 0 Å². The summed E-state index contributed by atoms with van der Waals surface area (Å²) in [5, 5.41) is 0. The summed E-state index contributed by atoms with van der Waals surface area (Å²) in [6.07, 6.45) is 7.95. The van der Waals surface area contributed by atoms with Crippen molar-refractivity contribution in [3.8, 4) is 0 Å². The standard InChI is InChI=1S/C21H30NO2/c1-22-14-10-17(11-15-22)19(16-22)24-20(23)21(12-6-3-7-13-21)18-8-4-2-5-9-18/h2,4-5,8-9,17,19H,3,6-7,10-16H2,1H3/q+1/t17?,19-,22?/m0/s1. The molecule has 3 nitrogen and oxygen atoms in total. The molecule has 4 aliphatic rings. The molecule has 0 aromatic heterocycles. The van der Waals surface area contributed by atoms with Gasteiger partial charge in [-0.05, 0) is 18.4 Å². The molecule has 3 heteroatoms. The summed E-state index contributed by atoms with van der Waals surface area (Å²) in [7, 11) is 2.32. The molecule has 3 heterocycles. The number of piperidine rings is 3. The Morgan fingerprint density at radius 1 is 1.08 bits per heavy atom. The van der Waals surface area contributed by atoms with Gasteiger partial charge in [-0.1, -0.05) is 49.6 Å². The lowest BCUT2D eigenvalue weighted by Crippen LogP contribution is -2.62. The maximum atomic E-state index is 13.3. The highest BCUT2D eigenvalue weighted by molar-refractivity contribution is 5.83. The van der Waals surface area contributed by atoms with Gasteiger partial charge in [0.05, 0.1) is 25.6 Å². The van der Waals surface area contributed by atoms with Crippen molar-refractivity contribution in [3.05, 3.63) is 35.9 Å². The molecule has 0 spiro atoms. The van der Waals surface area contributed by atoms with Gasteiger partial charge >= 0.3 is 5.97 Å². The molecular weight excluding hydrogens is 298 g/mol. The molecule has 1 saturated carbocycles. The van der Waals surface area contributed by atoms with Crippen molar-refractivity contribution >= 4 is 5.97 Å². The van der Waals surface area contributed by atoms with Crippen LogP contribution in [-0.2, 0) is 14.9 Å². The van der Waals surface area contributed by atoms with Crippen molar-refractivity contribution in [2.24, 2.45) is 5.92 Å². The van der Waals surface area contributed by atoms with Crippen molar-refractivity contribution in [3.63, 3.8) is 0 Å². The van der Waals surface area contributed by atoms with E-state index in [1.165, 1.54) is 32.4 Å². The monoisotopic (exact) mass is 328 g/mol. The highest BCUT2D eigenvalue weighted by atomic mass is 16.5. The predicted octanol–water partition coefficient (Wildman–Crippen LogP) is 3.67. The molecule has 0 amide bonds. The SMILES string of the molecule is C[N+]12CCC(CC1)[C@@H](OC(=O)C1(c3ccccc3)CCCCC1)C2. The largest absolute Gasteiger partial charge is 0.455 e. The van der Waals surface area contributed by atoms with Gasteiger partial charge in [0.2, 0.25) is 0 Å². The van der Waals surface area contributed by atoms with Crippen LogP contribution >= 0.6 is 0 Å². The third-order valence-electron chi connectivity index (χ3n) is 6.91. The molecule has 1 aliphatic carbocycles. The summed E-state index contributed by atoms with van der Waals surface area (Å²) in [4.78, 5) is 13.3. The van der Waals surface area contributed by atoms with E-state index in [1.54, 1.807) is 0 Å². The molecule has 1 atom stereocenters. The van der Waals surface area contributed by atoms with E-state index in [0.29, 0.717) is 5.92 Å². The van der Waals surface area contributed by atoms with Crippen LogP contribution < -0.4 is 0 Å². The van der Waals surface area contributed by atoms with Crippen molar-refractivity contribution < 1.29 is 14.0 Å². The fourth-order valence-electron chi connectivity index (χ4n) is 5.26. The summed E-state index contributed by atoms with van der Waals surface area (Å²) in [5.74, 6) is 0.643. The van der Waals surface area contributed by atoms with Crippen LogP contribution in [0.1, 0.15) is 50.5 Å². The van der Waals surface area contributed by atoms with Crippen LogP contribution in [0.5, 0.6) is 0 Å². The molecular formula is C21H30NO2+. The number of quaternary nitrogens is 1. The van der Waals surface area contributed by atoms with Crippen LogP contribution in [0.2, 0.25) is 0 Å². The Labute approximate surface area is 145 Å². The number of rotatable bonds is 3. The third-order valence-corrected chi connectivity index (χ3v) is 6.91. The number of benzene rings is 1. The van der Waals surface area contributed by atoms with Crippen molar-refractivity contribution in [1.29, 1.82) is 0 Å². The molecule has 0 radical (unpaired) electrons. The third kappa shape index (κ3) is 2.77. The van der Waals surface area contributed by atoms with E-state index >= 15 is 0 Å². The van der Waals surface area contributed by atoms with E-state index in [9.17, 15) is 4.79 Å². The molecule has 4 fully saturated rings. The molecule has 2 bridgehead atoms. The van der Waals surface area contributed by atoms with Crippen molar-refractivity contribution in [2.75, 3.05) is 26.7 Å². The Balaban J connectivity index is 1.56. The fourth-order valence-corrected chi connectivity index (χ4v) is 5.26. The van der Waals surface area contributed by atoms with Crippen LogP contribution in [0.25, 0.3) is 0 Å². The quantitative estimate of drug-likeness (QED) is 0.625. The first-order valence-corrected chi connectivity index (χ1v) is 9.72. The average molecular weight is 328 g/mol. The topological polar surface area (TPSA) is 26.3 Å². The minimum absolute atomic E-state index is 0.0544. The van der Waals surface area contributed by atoms with Crippen LogP contribution in [0, 0.1) is 5.92 Å². The van der Waals surface area contributed by atoms with E-state index in [2.05, 4.69) is 31.3 Å². The minimum atomic E-state index is -0.399. The average Bonchev–Trinajstić information content (AvgIpc) is 2.63. The smallest absolute Gasteiger partial charge is 0.317 e. The predicted molar refractivity (Wildman–Crippen MR) is 94.6 cm³/mol. The number of likely N-dealkylation sites (N-methyl/N-ethyl adjacent to an activating group) is 1. The van der Waals surface area contributed by atoms with Crippen molar-refractivity contribution in [2.45, 2.75) is 56.5 Å². The lowest BCUT2D eigenvalue weighted by molar-refractivity contribution is -0.928. The molecule has 3 aliphatic heterocycles. The molecule has 1 aromatic carbocycles. The van der Waals surface area contributed by atoms with Gasteiger partial charge in [0.1, 0.15) is 6.54 Å². The van der Waals surface area contributed by atoms with Crippen LogP contribution in [0.4, 0.5) is 0 Å². The lowest BCUT2D eigenvalue weighted by Gasteiger charge is -2.50. The number of esters is 1. The van der Waals surface area contributed by atoms with Gasteiger partial charge in [0, 0.05) is 18.8 Å². The number of hydrogen-bond donors (Lipinski definition) is 0. The van der Waals surface area contributed by atoms with Crippen LogP contribution in [0.15, 0.2) is 30.3 Å². The van der Waals surface area contributed by atoms with E-state index < -0.39 is 5.41 Å². The second-order valence-electron chi connectivity index (χ2n) is 8.54. The zero-order valence-electron chi connectivity index (χ0n) is 14.9. The Morgan fingerprint density at radius 2 is 1.75 bits per heavy atom. The number of hydrogen-bond acceptors (Lipinski definition) is 2. The second kappa shape index (κ2) is 6.18. The number of nitrogens with zero attached hydrogens (tertiary/aromatic N) is 1. The Morgan fingerprint density at radius 3 is 2.38 bits per heavy atom. The van der Waals surface area contributed by atoms with Gasteiger partial charge in [-0.25, -0.2) is 0 Å². The molecule has 3 saturated heterocycles. The molecule has 0 unspecified atom stereocenters. The van der Waals surface area contributed by atoms with Gasteiger partial charge < -0.3 is 9.22 Å². The molecule has 1 aromatic rings. The van der Waals surface area contributed by atoms with E-state index in [0.717, 1.165) is 42.3 Å². The highest BCUT2D eigenvalue weighted by Gasteiger charge is 2.49. The van der Waals surface area contributed by atoms with Gasteiger partial charge in [-0.15, -0.1) is 0 Å². The summed E-state index contributed by atoms with van der Waals surface area (Å²) >= 11 is 0. The van der Waals surface area contributed by atoms with E-state index in [4.69, 9.17) is 4.74 Å². The summed E-state index contributed by atoms with van der Waals surface area (Å²) in [5.41, 5.74) is 0.765. The number of ether oxygens (including phenoxy) is 1. The van der Waals surface area contributed by atoms with Crippen LogP contribution in [0.3, 0.4) is 0 Å². The van der Waals surface area contributed by atoms with Gasteiger partial charge in [-0.3, -0.25) is 4.79 Å². The zero-order valence-corrected chi connectivity index (χ0v) is 14.9. The zero-order chi connectivity index (χ0) is 16.6. The molecule has 0 N–H and O–H groups in total. The second-order valence-corrected chi connectivity index (χ2v) is 8.54. The Kier molecular flexibility index (Phi) is 4.16. The lowest BCUT2D eigenvalue weighted by atomic mass is 9.69. The minimum Gasteiger partial charge on any atom is -0.455 e. The fraction of sp³-hybridized carbons (Fsp3) is 0.667. The maximum absolute atomic E-state index is 13.3. The summed E-state index contributed by atoms with van der Waals surface area (Å²) in [6.45, 7) is 3.52. The first-order valence-electron chi connectivity index (χ1n) is 9.72. The van der Waals surface area contributed by atoms with Gasteiger partial charge in [0.25, 0.3) is 0 Å². The number of carbonyl (C=O) groups is 1.